The van der Waals surface area contributed by atoms with Crippen LogP contribution in [0.4, 0.5) is 0 Å². The van der Waals surface area contributed by atoms with Gasteiger partial charge in [-0.1, -0.05) is 27.4 Å². The Morgan fingerprint density at radius 1 is 0.816 bits per heavy atom. The van der Waals surface area contributed by atoms with Gasteiger partial charge in [0.2, 0.25) is 0 Å². The molecule has 10 atom stereocenters. The van der Waals surface area contributed by atoms with Crippen LogP contribution in [-0.4, -0.2) is 65.3 Å². The third kappa shape index (κ3) is 3.98. The zero-order chi connectivity index (χ0) is 28.5. The van der Waals surface area contributed by atoms with Crippen LogP contribution >= 0.6 is 0 Å². The van der Waals surface area contributed by atoms with Crippen LogP contribution in [0.5, 0.6) is 0 Å². The highest BCUT2D eigenvalue weighted by atomic mass is 16.6. The van der Waals surface area contributed by atoms with Crippen molar-refractivity contribution in [3.05, 3.63) is 12.2 Å². The summed E-state index contributed by atoms with van der Waals surface area (Å²) in [5, 5.41) is 11.4. The second-order valence-corrected chi connectivity index (χ2v) is 12.4. The fraction of sp³-hybridized carbons (Fsp3) is 0.750. The van der Waals surface area contributed by atoms with Crippen molar-refractivity contribution in [2.75, 3.05) is 0 Å². The number of fused-ring (bicyclic) bond motifs is 3. The number of esters is 4. The largest absolute Gasteiger partial charge is 0.462 e. The Kier molecular flexibility index (Phi) is 6.82. The van der Waals surface area contributed by atoms with Crippen LogP contribution in [0.3, 0.4) is 0 Å². The Balaban J connectivity index is 2.03. The Bertz CT molecular complexity index is 1090. The first kappa shape index (κ1) is 28.3. The molecule has 0 amide bonds. The minimum absolute atomic E-state index is 0.0677. The Hall–Kier alpha value is -2.75. The summed E-state index contributed by atoms with van der Waals surface area (Å²) in [6.45, 7) is 14.5. The Labute approximate surface area is 222 Å². The van der Waals surface area contributed by atoms with Crippen molar-refractivity contribution < 1.29 is 48.0 Å². The molecule has 0 aliphatic heterocycles. The van der Waals surface area contributed by atoms with E-state index in [-0.39, 0.29) is 24.5 Å². The average Bonchev–Trinajstić information content (AvgIpc) is 2.93. The molecule has 0 radical (unpaired) electrons. The lowest BCUT2D eigenvalue weighted by molar-refractivity contribution is -0.300. The fourth-order valence-electron chi connectivity index (χ4n) is 8.99. The van der Waals surface area contributed by atoms with E-state index >= 15 is 0 Å². The molecule has 4 aliphatic carbocycles. The average molecular weight is 535 g/mol. The maximum absolute atomic E-state index is 14.2. The minimum Gasteiger partial charge on any atom is -0.462 e. The second kappa shape index (κ2) is 9.17. The molecule has 0 saturated heterocycles. The molecule has 0 aromatic rings. The predicted octanol–water partition coefficient (Wildman–Crippen LogP) is 2.29. The van der Waals surface area contributed by atoms with Gasteiger partial charge < -0.3 is 24.1 Å². The molecule has 10 heteroatoms. The van der Waals surface area contributed by atoms with Crippen LogP contribution in [-0.2, 0) is 42.9 Å². The second-order valence-electron chi connectivity index (χ2n) is 12.4. The molecule has 210 valence electrons. The smallest absolute Gasteiger partial charge is 0.303 e. The molecule has 2 bridgehead atoms. The maximum Gasteiger partial charge on any atom is 0.303 e. The zero-order valence-corrected chi connectivity index (χ0v) is 23.1. The molecular weight excluding hydrogens is 496 g/mol. The van der Waals surface area contributed by atoms with E-state index in [9.17, 15) is 29.1 Å². The summed E-state index contributed by atoms with van der Waals surface area (Å²) in [4.78, 5) is 63.5. The van der Waals surface area contributed by atoms with Crippen LogP contribution in [0.1, 0.15) is 67.7 Å². The first-order chi connectivity index (χ1) is 17.5. The molecule has 4 rings (SSSR count). The molecule has 0 aromatic heterocycles. The van der Waals surface area contributed by atoms with Gasteiger partial charge in [0.05, 0.1) is 11.5 Å². The van der Waals surface area contributed by atoms with Gasteiger partial charge in [0, 0.05) is 44.9 Å². The van der Waals surface area contributed by atoms with E-state index in [1.807, 2.05) is 6.92 Å². The van der Waals surface area contributed by atoms with Gasteiger partial charge in [-0.15, -0.1) is 0 Å². The van der Waals surface area contributed by atoms with E-state index in [0.717, 1.165) is 0 Å². The highest BCUT2D eigenvalue weighted by molar-refractivity contribution is 6.04. The quantitative estimate of drug-likeness (QED) is 0.324. The van der Waals surface area contributed by atoms with Crippen LogP contribution in [0.2, 0.25) is 0 Å². The molecule has 10 nitrogen and oxygen atoms in total. The lowest BCUT2D eigenvalue weighted by Gasteiger charge is -2.68. The fourth-order valence-corrected chi connectivity index (χ4v) is 8.99. The van der Waals surface area contributed by atoms with E-state index in [1.165, 1.54) is 27.7 Å². The highest BCUT2D eigenvalue weighted by Crippen LogP contribution is 2.72. The van der Waals surface area contributed by atoms with Gasteiger partial charge in [0.15, 0.2) is 11.9 Å². The molecule has 38 heavy (non-hydrogen) atoms. The van der Waals surface area contributed by atoms with E-state index in [1.54, 1.807) is 13.8 Å². The van der Waals surface area contributed by atoms with Gasteiger partial charge in [0.25, 0.3) is 0 Å². The summed E-state index contributed by atoms with van der Waals surface area (Å²) in [6.07, 6.45) is -4.43. The lowest BCUT2D eigenvalue weighted by atomic mass is 9.38. The van der Waals surface area contributed by atoms with Crippen molar-refractivity contribution in [1.29, 1.82) is 0 Å². The summed E-state index contributed by atoms with van der Waals surface area (Å²) in [7, 11) is 0. The van der Waals surface area contributed by atoms with Crippen molar-refractivity contribution in [1.82, 2.24) is 0 Å². The van der Waals surface area contributed by atoms with Crippen LogP contribution in [0.25, 0.3) is 0 Å². The highest BCUT2D eigenvalue weighted by Gasteiger charge is 2.79. The third-order valence-electron chi connectivity index (χ3n) is 9.53. The van der Waals surface area contributed by atoms with Gasteiger partial charge in [-0.2, -0.15) is 0 Å². The number of hydrogen-bond acceptors (Lipinski definition) is 10. The van der Waals surface area contributed by atoms with Crippen molar-refractivity contribution in [3.63, 3.8) is 0 Å². The summed E-state index contributed by atoms with van der Waals surface area (Å²) in [5.74, 6) is -4.38. The Morgan fingerprint density at radius 2 is 1.34 bits per heavy atom. The zero-order valence-electron chi connectivity index (χ0n) is 23.1. The molecule has 0 unspecified atom stereocenters. The van der Waals surface area contributed by atoms with E-state index in [0.29, 0.717) is 12.0 Å². The van der Waals surface area contributed by atoms with Crippen molar-refractivity contribution >= 4 is 29.7 Å². The summed E-state index contributed by atoms with van der Waals surface area (Å²) < 4.78 is 23.3. The van der Waals surface area contributed by atoms with E-state index in [2.05, 4.69) is 6.58 Å². The van der Waals surface area contributed by atoms with Crippen molar-refractivity contribution in [3.8, 4) is 0 Å². The minimum atomic E-state index is -1.39. The SMILES string of the molecule is C=C1C(=O)[C@]23C[C@H]1C[C@H](OC(C)=O)[C@H]2[C@@]1(C)C[C@H](O)[C@H](OC(C)=O)C(C)(C)[C@H]1[C@@H](OC(C)=O)[C@@H]3OC(C)=O. The standard InChI is InChI=1S/C28H38O10/c1-12-17-9-19(35-13(2)29)21-27(8)11-18(33)24(37-15(4)31)26(6,7)22(27)20(36-14(3)30)25(38-16(5)32)28(21,10-17)23(12)34/h17-22,24-25,33H,1,9-11H2,2-8H3/t17-,18+,19+,20-,21+,22-,24+,25+,27-,28+/m1/s1. The van der Waals surface area contributed by atoms with Gasteiger partial charge in [0.1, 0.15) is 18.3 Å². The number of hydrogen-bond donors (Lipinski definition) is 1. The maximum atomic E-state index is 14.2. The number of Topliss-reactive ketones (excluding diaryl/α,β-unsaturated/α-hetero) is 1. The number of ketones is 1. The van der Waals surface area contributed by atoms with E-state index < -0.39 is 82.5 Å². The van der Waals surface area contributed by atoms with Crippen LogP contribution in [0.15, 0.2) is 12.2 Å². The molecule has 1 spiro atoms. The van der Waals surface area contributed by atoms with Gasteiger partial charge in [-0.05, 0) is 36.2 Å². The van der Waals surface area contributed by atoms with Crippen LogP contribution in [0, 0.1) is 34.0 Å². The number of aliphatic hydroxyl groups is 1. The monoisotopic (exact) mass is 534 g/mol. The third-order valence-corrected chi connectivity index (χ3v) is 9.53. The molecule has 4 saturated carbocycles. The lowest BCUT2D eigenvalue weighted by Crippen LogP contribution is -2.76. The molecule has 1 N–H and O–H groups in total. The molecule has 0 aromatic carbocycles. The van der Waals surface area contributed by atoms with Gasteiger partial charge >= 0.3 is 23.9 Å². The number of allylic oxidation sites excluding steroid dienone is 1. The molecule has 0 heterocycles. The Morgan fingerprint density at radius 3 is 1.87 bits per heavy atom. The normalized spacial score (nSPS) is 42.8. The molecule has 4 aliphatic rings. The number of aliphatic hydroxyl groups excluding tert-OH is 1. The summed E-state index contributed by atoms with van der Waals surface area (Å²) in [6, 6.07) is 0. The predicted molar refractivity (Wildman–Crippen MR) is 131 cm³/mol. The van der Waals surface area contributed by atoms with Gasteiger partial charge in [-0.3, -0.25) is 24.0 Å². The first-order valence-electron chi connectivity index (χ1n) is 13.1. The van der Waals surface area contributed by atoms with Crippen molar-refractivity contribution in [2.24, 2.45) is 34.0 Å². The molecular formula is C28H38O10. The van der Waals surface area contributed by atoms with Crippen molar-refractivity contribution in [2.45, 2.75) is 98.2 Å². The number of carbonyl (C=O) groups excluding carboxylic acids is 5. The number of ether oxygens (including phenoxy) is 4. The number of rotatable bonds is 4. The van der Waals surface area contributed by atoms with E-state index in [4.69, 9.17) is 18.9 Å². The van der Waals surface area contributed by atoms with Gasteiger partial charge in [-0.25, -0.2) is 0 Å². The topological polar surface area (TPSA) is 143 Å². The first-order valence-corrected chi connectivity index (χ1v) is 13.1. The number of carbonyl (C=O) groups is 5. The summed E-state index contributed by atoms with van der Waals surface area (Å²) in [5.41, 5.74) is -3.02. The summed E-state index contributed by atoms with van der Waals surface area (Å²) >= 11 is 0. The van der Waals surface area contributed by atoms with Crippen LogP contribution < -0.4 is 0 Å². The molecule has 4 fully saturated rings.